The van der Waals surface area contributed by atoms with Gasteiger partial charge >= 0.3 is 0 Å². The highest BCUT2D eigenvalue weighted by atomic mass is 35.5. The molecule has 5 heteroatoms. The summed E-state index contributed by atoms with van der Waals surface area (Å²) in [6, 6.07) is 15.9. The molecule has 2 aromatic carbocycles. The summed E-state index contributed by atoms with van der Waals surface area (Å²) in [4.78, 5) is 20.6. The zero-order chi connectivity index (χ0) is 21.0. The summed E-state index contributed by atoms with van der Waals surface area (Å²) in [6.07, 6.45) is 1.03. The first-order valence-electron chi connectivity index (χ1n) is 10.0. The second-order valence-electron chi connectivity index (χ2n) is 8.98. The Morgan fingerprint density at radius 1 is 1.21 bits per heavy atom. The van der Waals surface area contributed by atoms with Crippen LogP contribution in [-0.4, -0.2) is 29.2 Å². The van der Waals surface area contributed by atoms with Gasteiger partial charge in [-0.3, -0.25) is 4.79 Å². The molecule has 0 spiro atoms. The van der Waals surface area contributed by atoms with Crippen molar-refractivity contribution in [3.05, 3.63) is 70.2 Å². The molecule has 0 aromatic heterocycles. The van der Waals surface area contributed by atoms with Crippen LogP contribution in [0.3, 0.4) is 0 Å². The molecule has 3 rings (SSSR count). The molecular formula is C24H29ClN2O2. The Balaban J connectivity index is 1.69. The fraction of sp³-hybridized carbons (Fsp3) is 0.417. The molecule has 154 valence electrons. The summed E-state index contributed by atoms with van der Waals surface area (Å²) in [5.41, 5.74) is 4.15. The van der Waals surface area contributed by atoms with E-state index >= 15 is 0 Å². The molecule has 0 radical (unpaired) electrons. The minimum atomic E-state index is -0.144. The van der Waals surface area contributed by atoms with Crippen molar-refractivity contribution < 1.29 is 9.63 Å². The third-order valence-electron chi connectivity index (χ3n) is 4.84. The molecule has 0 saturated carbocycles. The minimum Gasteiger partial charge on any atom is -0.390 e. The third-order valence-corrected chi connectivity index (χ3v) is 5.07. The van der Waals surface area contributed by atoms with Gasteiger partial charge in [0.05, 0.1) is 12.3 Å². The number of halogens is 1. The fourth-order valence-electron chi connectivity index (χ4n) is 3.36. The lowest BCUT2D eigenvalue weighted by atomic mass is 9.91. The third kappa shape index (κ3) is 6.33. The average molecular weight is 413 g/mol. The summed E-state index contributed by atoms with van der Waals surface area (Å²) in [5, 5.41) is 4.96. The van der Waals surface area contributed by atoms with E-state index in [1.807, 2.05) is 29.2 Å². The summed E-state index contributed by atoms with van der Waals surface area (Å²) >= 11 is 6.14. The van der Waals surface area contributed by atoms with Gasteiger partial charge in [-0.25, -0.2) is 0 Å². The topological polar surface area (TPSA) is 41.9 Å². The highest BCUT2D eigenvalue weighted by Gasteiger charge is 2.28. The Morgan fingerprint density at radius 3 is 2.59 bits per heavy atom. The molecule has 0 bridgehead atoms. The molecule has 4 nitrogen and oxygen atoms in total. The van der Waals surface area contributed by atoms with Gasteiger partial charge in [-0.2, -0.15) is 0 Å². The van der Waals surface area contributed by atoms with Crippen molar-refractivity contribution in [2.45, 2.75) is 53.2 Å². The smallest absolute Gasteiger partial charge is 0.223 e. The van der Waals surface area contributed by atoms with Crippen molar-refractivity contribution in [3.8, 4) is 0 Å². The number of carbonyl (C=O) groups is 1. The van der Waals surface area contributed by atoms with Crippen LogP contribution in [0.4, 0.5) is 0 Å². The van der Waals surface area contributed by atoms with Crippen LogP contribution in [0.1, 0.15) is 50.3 Å². The van der Waals surface area contributed by atoms with E-state index in [1.165, 1.54) is 5.56 Å². The lowest BCUT2D eigenvalue weighted by molar-refractivity contribution is -0.135. The van der Waals surface area contributed by atoms with Gasteiger partial charge in [-0.15, -0.1) is 0 Å². The van der Waals surface area contributed by atoms with Crippen LogP contribution in [0.15, 0.2) is 53.7 Å². The Bertz CT molecular complexity index is 884. The largest absolute Gasteiger partial charge is 0.390 e. The normalized spacial score (nSPS) is 16.3. The predicted molar refractivity (Wildman–Crippen MR) is 118 cm³/mol. The van der Waals surface area contributed by atoms with Gasteiger partial charge in [0.25, 0.3) is 0 Å². The molecule has 1 amide bonds. The number of hydrogen-bond acceptors (Lipinski definition) is 3. The van der Waals surface area contributed by atoms with Crippen molar-refractivity contribution in [1.82, 2.24) is 4.90 Å². The first kappa shape index (κ1) is 21.4. The molecule has 1 heterocycles. The van der Waals surface area contributed by atoms with E-state index in [4.69, 9.17) is 16.4 Å². The zero-order valence-corrected chi connectivity index (χ0v) is 18.4. The van der Waals surface area contributed by atoms with Crippen molar-refractivity contribution in [2.75, 3.05) is 6.54 Å². The standard InChI is InChI=1S/C24H29ClN2O2/c1-17-8-10-19(11-9-17)22-13-21(29-26-22)16-27(23(28)14-24(2,3)4)15-18-6-5-7-20(25)12-18/h5-12,21H,13-16H2,1-4H3. The van der Waals surface area contributed by atoms with E-state index in [9.17, 15) is 4.79 Å². The van der Waals surface area contributed by atoms with Crippen molar-refractivity contribution >= 4 is 23.2 Å². The number of oxime groups is 1. The van der Waals surface area contributed by atoms with Gasteiger partial charge in [0.1, 0.15) is 0 Å². The summed E-state index contributed by atoms with van der Waals surface area (Å²) in [7, 11) is 0. The summed E-state index contributed by atoms with van der Waals surface area (Å²) in [5.74, 6) is 0.116. The van der Waals surface area contributed by atoms with E-state index in [0.29, 0.717) is 31.0 Å². The average Bonchev–Trinajstić information content (AvgIpc) is 3.09. The number of amides is 1. The first-order chi connectivity index (χ1) is 13.7. The van der Waals surface area contributed by atoms with Gasteiger partial charge in [-0.05, 0) is 35.6 Å². The molecule has 0 fully saturated rings. The van der Waals surface area contributed by atoms with E-state index in [0.717, 1.165) is 16.8 Å². The summed E-state index contributed by atoms with van der Waals surface area (Å²) in [6.45, 7) is 9.30. The quantitative estimate of drug-likeness (QED) is 0.619. The van der Waals surface area contributed by atoms with Crippen molar-refractivity contribution in [1.29, 1.82) is 0 Å². The Kier molecular flexibility index (Phi) is 6.63. The van der Waals surface area contributed by atoms with Crippen LogP contribution < -0.4 is 0 Å². The van der Waals surface area contributed by atoms with Gasteiger partial charge in [-0.1, -0.05) is 79.5 Å². The fourth-order valence-corrected chi connectivity index (χ4v) is 3.58. The maximum atomic E-state index is 13.0. The van der Waals surface area contributed by atoms with E-state index in [2.05, 4.69) is 57.1 Å². The maximum absolute atomic E-state index is 13.0. The molecular weight excluding hydrogens is 384 g/mol. The van der Waals surface area contributed by atoms with Crippen LogP contribution in [0.5, 0.6) is 0 Å². The molecule has 0 aliphatic carbocycles. The molecule has 1 aliphatic heterocycles. The van der Waals surface area contributed by atoms with Gasteiger partial charge in [0.15, 0.2) is 6.10 Å². The van der Waals surface area contributed by atoms with Crippen LogP contribution in [0.2, 0.25) is 5.02 Å². The van der Waals surface area contributed by atoms with Gasteiger partial charge < -0.3 is 9.74 Å². The van der Waals surface area contributed by atoms with E-state index < -0.39 is 0 Å². The Hall–Kier alpha value is -2.33. The van der Waals surface area contributed by atoms with Crippen LogP contribution in [-0.2, 0) is 16.2 Å². The SMILES string of the molecule is Cc1ccc(C2=NOC(CN(Cc3cccc(Cl)c3)C(=O)CC(C)(C)C)C2)cc1. The van der Waals surface area contributed by atoms with Gasteiger partial charge in [0.2, 0.25) is 5.91 Å². The number of rotatable bonds is 6. The number of hydrogen-bond donors (Lipinski definition) is 0. The molecule has 0 N–H and O–H groups in total. The molecule has 29 heavy (non-hydrogen) atoms. The van der Waals surface area contributed by atoms with Crippen LogP contribution in [0, 0.1) is 12.3 Å². The Labute approximate surface area is 178 Å². The van der Waals surface area contributed by atoms with Crippen molar-refractivity contribution in [2.24, 2.45) is 10.6 Å². The molecule has 1 atom stereocenters. The lowest BCUT2D eigenvalue weighted by Crippen LogP contribution is -2.38. The number of nitrogens with zero attached hydrogens (tertiary/aromatic N) is 2. The van der Waals surface area contributed by atoms with E-state index in [1.54, 1.807) is 0 Å². The molecule has 1 unspecified atom stereocenters. The van der Waals surface area contributed by atoms with E-state index in [-0.39, 0.29) is 17.4 Å². The minimum absolute atomic E-state index is 0.0796. The number of carbonyl (C=O) groups excluding carboxylic acids is 1. The number of aryl methyl sites for hydroxylation is 1. The highest BCUT2D eigenvalue weighted by Crippen LogP contribution is 2.24. The predicted octanol–water partition coefficient (Wildman–Crippen LogP) is 5.61. The number of benzene rings is 2. The first-order valence-corrected chi connectivity index (χ1v) is 10.4. The van der Waals surface area contributed by atoms with Gasteiger partial charge in [0, 0.05) is 24.4 Å². The summed E-state index contributed by atoms with van der Waals surface area (Å²) < 4.78 is 0. The lowest BCUT2D eigenvalue weighted by Gasteiger charge is -2.28. The van der Waals surface area contributed by atoms with Crippen molar-refractivity contribution in [3.63, 3.8) is 0 Å². The zero-order valence-electron chi connectivity index (χ0n) is 17.6. The monoisotopic (exact) mass is 412 g/mol. The van der Waals surface area contributed by atoms with Crippen LogP contribution in [0.25, 0.3) is 0 Å². The molecule has 1 aliphatic rings. The second kappa shape index (κ2) is 9.00. The molecule has 2 aromatic rings. The molecule has 0 saturated heterocycles. The second-order valence-corrected chi connectivity index (χ2v) is 9.41. The Morgan fingerprint density at radius 2 is 1.93 bits per heavy atom. The highest BCUT2D eigenvalue weighted by molar-refractivity contribution is 6.30. The maximum Gasteiger partial charge on any atom is 0.223 e. The van der Waals surface area contributed by atoms with Crippen LogP contribution >= 0.6 is 11.6 Å².